The first-order valence-corrected chi connectivity index (χ1v) is 8.07. The van der Waals surface area contributed by atoms with Gasteiger partial charge in [0.25, 0.3) is 17.1 Å². The van der Waals surface area contributed by atoms with Crippen molar-refractivity contribution in [3.05, 3.63) is 48.0 Å². The maximum atomic E-state index is 12.1. The van der Waals surface area contributed by atoms with Gasteiger partial charge in [0.1, 0.15) is 0 Å². The first-order chi connectivity index (χ1) is 12.3. The number of nitro benzene ring substituents is 3. The van der Waals surface area contributed by atoms with Crippen molar-refractivity contribution >= 4 is 23.0 Å². The molecule has 0 amide bonds. The molecule has 1 aromatic carbocycles. The number of rotatable bonds is 11. The Morgan fingerprint density at radius 2 is 1.38 bits per heavy atom. The van der Waals surface area contributed by atoms with Crippen molar-refractivity contribution in [1.29, 1.82) is 0 Å². The standard InChI is InChI=1S/C15H19N3O8/c1-2-3-4-5-6-7-8-26-15(19)14-12(17(22)23)9-11(16(20)21)10-13(14)18(24)25/h9-10H,2-8H2,1H3. The molecule has 26 heavy (non-hydrogen) atoms. The molecule has 142 valence electrons. The summed E-state index contributed by atoms with van der Waals surface area (Å²) >= 11 is 0. The van der Waals surface area contributed by atoms with E-state index in [1.54, 1.807) is 0 Å². The summed E-state index contributed by atoms with van der Waals surface area (Å²) in [5.74, 6) is -1.24. The average molecular weight is 369 g/mol. The molecule has 0 aliphatic rings. The van der Waals surface area contributed by atoms with Crippen molar-refractivity contribution in [3.63, 3.8) is 0 Å². The maximum Gasteiger partial charge on any atom is 0.352 e. The molecule has 0 heterocycles. The highest BCUT2D eigenvalue weighted by molar-refractivity contribution is 5.99. The third kappa shape index (κ3) is 5.76. The van der Waals surface area contributed by atoms with Crippen LogP contribution in [-0.2, 0) is 4.74 Å². The van der Waals surface area contributed by atoms with E-state index in [2.05, 4.69) is 6.92 Å². The number of benzene rings is 1. The summed E-state index contributed by atoms with van der Waals surface area (Å²) in [5.41, 5.74) is -3.80. The van der Waals surface area contributed by atoms with Gasteiger partial charge in [-0.2, -0.15) is 0 Å². The van der Waals surface area contributed by atoms with Crippen LogP contribution in [0.25, 0.3) is 0 Å². The number of nitrogens with zero attached hydrogens (tertiary/aromatic N) is 3. The van der Waals surface area contributed by atoms with Gasteiger partial charge in [-0.05, 0) is 6.42 Å². The van der Waals surface area contributed by atoms with Crippen LogP contribution in [0, 0.1) is 30.3 Å². The molecule has 0 saturated heterocycles. The molecule has 0 N–H and O–H groups in total. The van der Waals surface area contributed by atoms with E-state index >= 15 is 0 Å². The normalized spacial score (nSPS) is 10.3. The molecular weight excluding hydrogens is 350 g/mol. The van der Waals surface area contributed by atoms with Crippen LogP contribution in [0.15, 0.2) is 12.1 Å². The van der Waals surface area contributed by atoms with Gasteiger partial charge < -0.3 is 4.74 Å². The largest absolute Gasteiger partial charge is 0.462 e. The Morgan fingerprint density at radius 3 is 1.85 bits per heavy atom. The Kier molecular flexibility index (Phi) is 8.06. The Morgan fingerprint density at radius 1 is 0.885 bits per heavy atom. The van der Waals surface area contributed by atoms with E-state index in [1.165, 1.54) is 0 Å². The lowest BCUT2D eigenvalue weighted by Crippen LogP contribution is -2.12. The molecule has 0 fully saturated rings. The Balaban J connectivity index is 2.95. The first kappa shape index (κ1) is 20.9. The zero-order valence-corrected chi connectivity index (χ0v) is 14.2. The quantitative estimate of drug-likeness (QED) is 0.246. The van der Waals surface area contributed by atoms with Crippen molar-refractivity contribution in [1.82, 2.24) is 0 Å². The average Bonchev–Trinajstić information content (AvgIpc) is 2.59. The lowest BCUT2D eigenvalue weighted by atomic mass is 10.1. The Bertz CT molecular complexity index is 669. The highest BCUT2D eigenvalue weighted by Crippen LogP contribution is 2.34. The molecule has 1 rings (SSSR count). The van der Waals surface area contributed by atoms with Gasteiger partial charge in [-0.15, -0.1) is 0 Å². The van der Waals surface area contributed by atoms with E-state index in [4.69, 9.17) is 4.74 Å². The molecule has 0 unspecified atom stereocenters. The molecule has 0 aromatic heterocycles. The van der Waals surface area contributed by atoms with Crippen LogP contribution in [-0.4, -0.2) is 27.3 Å². The summed E-state index contributed by atoms with van der Waals surface area (Å²) in [6.07, 6.45) is 5.48. The molecule has 0 saturated carbocycles. The number of ether oxygens (including phenoxy) is 1. The van der Waals surface area contributed by atoms with Gasteiger partial charge in [-0.25, -0.2) is 4.79 Å². The molecule has 0 bridgehead atoms. The van der Waals surface area contributed by atoms with Gasteiger partial charge >= 0.3 is 5.97 Å². The van der Waals surface area contributed by atoms with Crippen LogP contribution < -0.4 is 0 Å². The second kappa shape index (κ2) is 10.0. The minimum atomic E-state index is -1.24. The van der Waals surface area contributed by atoms with Crippen LogP contribution >= 0.6 is 0 Å². The summed E-state index contributed by atoms with van der Waals surface area (Å²) in [4.78, 5) is 41.9. The van der Waals surface area contributed by atoms with Crippen molar-refractivity contribution < 1.29 is 24.3 Å². The first-order valence-electron chi connectivity index (χ1n) is 8.07. The monoisotopic (exact) mass is 369 g/mol. The van der Waals surface area contributed by atoms with Crippen molar-refractivity contribution in [2.24, 2.45) is 0 Å². The molecule has 11 heteroatoms. The van der Waals surface area contributed by atoms with Gasteiger partial charge in [-0.1, -0.05) is 39.0 Å². The topological polar surface area (TPSA) is 156 Å². The predicted molar refractivity (Wildman–Crippen MR) is 90.1 cm³/mol. The van der Waals surface area contributed by atoms with E-state index in [0.29, 0.717) is 18.6 Å². The molecule has 0 aliphatic carbocycles. The zero-order chi connectivity index (χ0) is 19.7. The van der Waals surface area contributed by atoms with Crippen LogP contribution in [0.4, 0.5) is 17.1 Å². The number of hydrogen-bond acceptors (Lipinski definition) is 8. The van der Waals surface area contributed by atoms with Crippen LogP contribution in [0.3, 0.4) is 0 Å². The van der Waals surface area contributed by atoms with Gasteiger partial charge in [0.2, 0.25) is 5.56 Å². The highest BCUT2D eigenvalue weighted by Gasteiger charge is 2.35. The molecule has 0 spiro atoms. The Hall–Kier alpha value is -3.11. The third-order valence-corrected chi connectivity index (χ3v) is 3.62. The fraction of sp³-hybridized carbons (Fsp3) is 0.533. The van der Waals surface area contributed by atoms with E-state index in [0.717, 1.165) is 32.1 Å². The van der Waals surface area contributed by atoms with Gasteiger partial charge in [0.05, 0.1) is 33.5 Å². The summed E-state index contributed by atoms with van der Waals surface area (Å²) in [6.45, 7) is 2.03. The van der Waals surface area contributed by atoms with Gasteiger partial charge in [0, 0.05) is 0 Å². The smallest absolute Gasteiger partial charge is 0.352 e. The second-order valence-electron chi connectivity index (χ2n) is 5.53. The fourth-order valence-electron chi connectivity index (χ4n) is 2.32. The van der Waals surface area contributed by atoms with E-state index < -0.39 is 43.4 Å². The number of non-ortho nitro benzene ring substituents is 1. The highest BCUT2D eigenvalue weighted by atomic mass is 16.6. The van der Waals surface area contributed by atoms with Crippen molar-refractivity contribution in [2.45, 2.75) is 45.4 Å². The van der Waals surface area contributed by atoms with Crippen LogP contribution in [0.1, 0.15) is 55.8 Å². The summed E-state index contributed by atoms with van der Waals surface area (Å²) in [7, 11) is 0. The van der Waals surface area contributed by atoms with E-state index in [9.17, 15) is 35.1 Å². The number of hydrogen-bond donors (Lipinski definition) is 0. The number of unbranched alkanes of at least 4 members (excludes halogenated alkanes) is 5. The van der Waals surface area contributed by atoms with Crippen LogP contribution in [0.5, 0.6) is 0 Å². The maximum absolute atomic E-state index is 12.1. The minimum absolute atomic E-state index is 0.0454. The van der Waals surface area contributed by atoms with Gasteiger partial charge in [0.15, 0.2) is 0 Å². The van der Waals surface area contributed by atoms with Crippen molar-refractivity contribution in [3.8, 4) is 0 Å². The lowest BCUT2D eigenvalue weighted by molar-refractivity contribution is -0.403. The third-order valence-electron chi connectivity index (χ3n) is 3.62. The molecular formula is C15H19N3O8. The molecule has 1 aromatic rings. The number of carbonyl (C=O) groups is 1. The molecule has 0 radical (unpaired) electrons. The zero-order valence-electron chi connectivity index (χ0n) is 14.2. The van der Waals surface area contributed by atoms with Crippen LogP contribution in [0.2, 0.25) is 0 Å². The fourth-order valence-corrected chi connectivity index (χ4v) is 2.32. The van der Waals surface area contributed by atoms with Crippen molar-refractivity contribution in [2.75, 3.05) is 6.61 Å². The second-order valence-corrected chi connectivity index (χ2v) is 5.53. The predicted octanol–water partition coefficient (Wildman–Crippen LogP) is 3.93. The van der Waals surface area contributed by atoms with E-state index in [-0.39, 0.29) is 6.61 Å². The summed E-state index contributed by atoms with van der Waals surface area (Å²) in [5, 5.41) is 33.0. The molecule has 0 atom stereocenters. The van der Waals surface area contributed by atoms with E-state index in [1.807, 2.05) is 0 Å². The number of esters is 1. The minimum Gasteiger partial charge on any atom is -0.462 e. The van der Waals surface area contributed by atoms with Gasteiger partial charge in [-0.3, -0.25) is 30.3 Å². The summed E-state index contributed by atoms with van der Waals surface area (Å²) < 4.78 is 4.90. The molecule has 0 aliphatic heterocycles. The number of carbonyl (C=O) groups excluding carboxylic acids is 1. The Labute approximate surface area is 148 Å². The summed E-state index contributed by atoms with van der Waals surface area (Å²) in [6, 6.07) is 1.02. The number of nitro groups is 3. The molecule has 11 nitrogen and oxygen atoms in total. The lowest BCUT2D eigenvalue weighted by Gasteiger charge is -2.06. The SMILES string of the molecule is CCCCCCCCOC(=O)c1c([N+](=O)[O-])cc([N+](=O)[O-])cc1[N+](=O)[O-].